The van der Waals surface area contributed by atoms with E-state index in [0.717, 1.165) is 11.3 Å². The van der Waals surface area contributed by atoms with E-state index in [9.17, 15) is 9.59 Å². The molecule has 1 aliphatic rings. The van der Waals surface area contributed by atoms with E-state index in [-0.39, 0.29) is 29.4 Å². The normalized spacial score (nSPS) is 15.2. The highest BCUT2D eigenvalue weighted by molar-refractivity contribution is 7.07. The van der Waals surface area contributed by atoms with E-state index in [2.05, 4.69) is 10.9 Å². The summed E-state index contributed by atoms with van der Waals surface area (Å²) in [6.07, 6.45) is 6.94. The lowest BCUT2D eigenvalue weighted by Crippen LogP contribution is -2.40. The number of hydrogen-bond acceptors (Lipinski definition) is 6. The number of carbonyl (C=O) groups is 1. The third-order valence-corrected chi connectivity index (χ3v) is 7.17. The van der Waals surface area contributed by atoms with E-state index in [4.69, 9.17) is 50.7 Å². The molecule has 3 aromatic rings. The zero-order valence-electron chi connectivity index (χ0n) is 19.2. The van der Waals surface area contributed by atoms with Crippen LogP contribution in [0.4, 0.5) is 0 Å². The molecule has 6 nitrogen and oxygen atoms in total. The van der Waals surface area contributed by atoms with Crippen LogP contribution in [0.1, 0.15) is 31.0 Å². The third-order valence-electron chi connectivity index (χ3n) is 5.34. The molecule has 184 valence electrons. The molecule has 0 amide bonds. The van der Waals surface area contributed by atoms with Crippen molar-refractivity contribution in [2.75, 3.05) is 13.2 Å². The molecule has 0 aliphatic carbocycles. The van der Waals surface area contributed by atoms with Gasteiger partial charge in [0.05, 0.1) is 27.4 Å². The molecule has 0 fully saturated rings. The summed E-state index contributed by atoms with van der Waals surface area (Å²) in [5.41, 5.74) is 1.36. The topological polar surface area (TPSA) is 69.9 Å². The number of rotatable bonds is 6. The zero-order chi connectivity index (χ0) is 26.0. The van der Waals surface area contributed by atoms with Crippen LogP contribution in [-0.4, -0.2) is 23.8 Å². The van der Waals surface area contributed by atoms with Gasteiger partial charge >= 0.3 is 5.97 Å². The molecule has 36 heavy (non-hydrogen) atoms. The Balaban J connectivity index is 1.99. The van der Waals surface area contributed by atoms with Crippen molar-refractivity contribution in [3.8, 4) is 18.1 Å². The number of allylic oxidation sites excluding steroid dienone is 1. The average Bonchev–Trinajstić information content (AvgIpc) is 3.12. The van der Waals surface area contributed by atoms with Crippen LogP contribution >= 0.6 is 46.1 Å². The molecule has 10 heteroatoms. The van der Waals surface area contributed by atoms with Crippen molar-refractivity contribution in [1.82, 2.24) is 4.57 Å². The lowest BCUT2D eigenvalue weighted by atomic mass is 9.96. The Kier molecular flexibility index (Phi) is 7.91. The number of thiazole rings is 1. The largest absolute Gasteiger partial charge is 0.479 e. The minimum Gasteiger partial charge on any atom is -0.479 e. The number of fused-ring (bicyclic) bond motifs is 1. The molecule has 2 aromatic carbocycles. The van der Waals surface area contributed by atoms with Gasteiger partial charge in [-0.25, -0.2) is 9.79 Å². The van der Waals surface area contributed by atoms with Gasteiger partial charge in [0.15, 0.2) is 4.80 Å². The minimum absolute atomic E-state index is 0.0158. The molecule has 1 aromatic heterocycles. The van der Waals surface area contributed by atoms with Crippen molar-refractivity contribution < 1.29 is 14.3 Å². The number of aromatic nitrogens is 1. The van der Waals surface area contributed by atoms with Gasteiger partial charge in [-0.05, 0) is 43.7 Å². The summed E-state index contributed by atoms with van der Waals surface area (Å²) in [5.74, 6) is 2.13. The number of nitrogens with zero attached hydrogens (tertiary/aromatic N) is 2. The Hall–Kier alpha value is -3.02. The Bertz CT molecular complexity index is 1620. The second kappa shape index (κ2) is 10.9. The van der Waals surface area contributed by atoms with Crippen LogP contribution in [0.15, 0.2) is 57.5 Å². The molecule has 0 spiro atoms. The number of ether oxygens (including phenoxy) is 2. The summed E-state index contributed by atoms with van der Waals surface area (Å²) >= 11 is 20.2. The van der Waals surface area contributed by atoms with Gasteiger partial charge in [-0.3, -0.25) is 9.36 Å². The maximum Gasteiger partial charge on any atom is 0.338 e. The summed E-state index contributed by atoms with van der Waals surface area (Å²) in [5, 5.41) is 1.02. The number of halogens is 3. The minimum atomic E-state index is -0.823. The van der Waals surface area contributed by atoms with Gasteiger partial charge < -0.3 is 9.47 Å². The molecule has 0 unspecified atom stereocenters. The number of benzene rings is 2. The van der Waals surface area contributed by atoms with E-state index in [1.54, 1.807) is 50.3 Å². The fourth-order valence-electron chi connectivity index (χ4n) is 3.88. The van der Waals surface area contributed by atoms with E-state index >= 15 is 0 Å². The molecule has 0 saturated carbocycles. The van der Waals surface area contributed by atoms with Crippen molar-refractivity contribution in [3.63, 3.8) is 0 Å². The van der Waals surface area contributed by atoms with Crippen LogP contribution in [0.3, 0.4) is 0 Å². The first-order chi connectivity index (χ1) is 17.3. The van der Waals surface area contributed by atoms with Crippen LogP contribution in [0, 0.1) is 12.3 Å². The van der Waals surface area contributed by atoms with Gasteiger partial charge in [-0.15, -0.1) is 6.42 Å². The average molecular weight is 562 g/mol. The smallest absolute Gasteiger partial charge is 0.338 e. The Morgan fingerprint density at radius 1 is 1.25 bits per heavy atom. The molecule has 2 heterocycles. The van der Waals surface area contributed by atoms with Crippen molar-refractivity contribution in [2.45, 2.75) is 19.9 Å². The monoisotopic (exact) mass is 560 g/mol. The Morgan fingerprint density at radius 3 is 2.69 bits per heavy atom. The van der Waals surface area contributed by atoms with Crippen LogP contribution in [0.5, 0.6) is 5.75 Å². The molecule has 1 aliphatic heterocycles. The molecule has 0 bridgehead atoms. The van der Waals surface area contributed by atoms with Crippen molar-refractivity contribution in [1.29, 1.82) is 0 Å². The van der Waals surface area contributed by atoms with Gasteiger partial charge in [-0.2, -0.15) is 0 Å². The van der Waals surface area contributed by atoms with E-state index in [1.165, 1.54) is 10.6 Å². The van der Waals surface area contributed by atoms with Gasteiger partial charge in [0.25, 0.3) is 5.56 Å². The van der Waals surface area contributed by atoms with Crippen LogP contribution in [0.2, 0.25) is 15.1 Å². The second-order valence-electron chi connectivity index (χ2n) is 7.62. The number of carbonyl (C=O) groups excluding carboxylic acids is 1. The van der Waals surface area contributed by atoms with E-state index < -0.39 is 12.0 Å². The van der Waals surface area contributed by atoms with Gasteiger partial charge in [0.1, 0.15) is 18.4 Å². The predicted octanol–water partition coefficient (Wildman–Crippen LogP) is 4.77. The second-order valence-corrected chi connectivity index (χ2v) is 9.88. The summed E-state index contributed by atoms with van der Waals surface area (Å²) in [7, 11) is 0. The quantitative estimate of drug-likeness (QED) is 0.321. The lowest BCUT2D eigenvalue weighted by Gasteiger charge is -2.25. The molecule has 0 saturated heterocycles. The zero-order valence-corrected chi connectivity index (χ0v) is 22.3. The highest BCUT2D eigenvalue weighted by Gasteiger charge is 2.34. The summed E-state index contributed by atoms with van der Waals surface area (Å²) in [6, 6.07) is 9.36. The molecule has 1 atom stereocenters. The maximum atomic E-state index is 13.8. The molecular weight excluding hydrogens is 543 g/mol. The van der Waals surface area contributed by atoms with Crippen molar-refractivity contribution in [3.05, 3.63) is 93.6 Å². The molecule has 4 rings (SSSR count). The van der Waals surface area contributed by atoms with Crippen LogP contribution < -0.4 is 19.6 Å². The fraction of sp³-hybridized carbons (Fsp3) is 0.192. The van der Waals surface area contributed by atoms with Crippen molar-refractivity contribution in [2.24, 2.45) is 4.99 Å². The first kappa shape index (κ1) is 26.1. The summed E-state index contributed by atoms with van der Waals surface area (Å²) in [6.45, 7) is 3.57. The van der Waals surface area contributed by atoms with Gasteiger partial charge in [-0.1, -0.05) is 70.3 Å². The van der Waals surface area contributed by atoms with Crippen molar-refractivity contribution >= 4 is 58.2 Å². The first-order valence-corrected chi connectivity index (χ1v) is 12.7. The van der Waals surface area contributed by atoms with Crippen LogP contribution in [0.25, 0.3) is 6.08 Å². The number of hydrogen-bond donors (Lipinski definition) is 0. The molecule has 0 radical (unpaired) electrons. The molecule has 0 N–H and O–H groups in total. The van der Waals surface area contributed by atoms with E-state index in [1.807, 2.05) is 0 Å². The van der Waals surface area contributed by atoms with Crippen LogP contribution in [-0.2, 0) is 9.53 Å². The lowest BCUT2D eigenvalue weighted by molar-refractivity contribution is -0.139. The predicted molar refractivity (Wildman–Crippen MR) is 143 cm³/mol. The third kappa shape index (κ3) is 4.95. The SMILES string of the molecule is C#CCOc1c(Cl)cc(Cl)cc1/C=c1\sc2n(c1=O)[C@@H](c1ccccc1Cl)C(C(=O)OCC)=C(C)N=2. The van der Waals surface area contributed by atoms with Gasteiger partial charge in [0, 0.05) is 15.6 Å². The summed E-state index contributed by atoms with van der Waals surface area (Å²) < 4.78 is 12.7. The Morgan fingerprint density at radius 2 is 2.00 bits per heavy atom. The number of esters is 1. The summed E-state index contributed by atoms with van der Waals surface area (Å²) in [4.78, 5) is 31.7. The standard InChI is InChI=1S/C26H19Cl3N2O4S/c1-4-10-35-23-15(11-16(27)13-19(23)29)12-20-24(32)31-22(17-8-6-7-9-18(17)28)21(25(33)34-5-2)14(3)30-26(31)36-20/h1,6-9,11-13,22H,5,10H2,2-3H3/b20-12-/t22-/m0/s1. The number of terminal acetylenes is 1. The first-order valence-electron chi connectivity index (χ1n) is 10.8. The van der Waals surface area contributed by atoms with E-state index in [0.29, 0.717) is 42.0 Å². The highest BCUT2D eigenvalue weighted by Crippen LogP contribution is 2.35. The fourth-order valence-corrected chi connectivity index (χ4v) is 5.72. The highest BCUT2D eigenvalue weighted by atomic mass is 35.5. The molecular formula is C26H19Cl3N2O4S. The van der Waals surface area contributed by atoms with Gasteiger partial charge in [0.2, 0.25) is 0 Å². The maximum absolute atomic E-state index is 13.8. The Labute approximate surface area is 226 Å².